The fraction of sp³-hybridized carbons (Fsp3) is 0.500. The number of dihydropyridines is 1. The smallest absolute Gasteiger partial charge is 0.0662 e. The molecule has 0 bridgehead atoms. The molecule has 1 aromatic rings. The van der Waals surface area contributed by atoms with Crippen LogP contribution in [-0.2, 0) is 6.42 Å². The van der Waals surface area contributed by atoms with E-state index in [1.807, 2.05) is 12.3 Å². The van der Waals surface area contributed by atoms with Gasteiger partial charge < -0.3 is 0 Å². The van der Waals surface area contributed by atoms with E-state index in [0.29, 0.717) is 17.8 Å². The van der Waals surface area contributed by atoms with E-state index in [1.165, 1.54) is 16.7 Å². The highest BCUT2D eigenvalue weighted by Crippen LogP contribution is 2.41. The van der Waals surface area contributed by atoms with Crippen molar-refractivity contribution in [3.63, 3.8) is 0 Å². The first kappa shape index (κ1) is 15.0. The van der Waals surface area contributed by atoms with Crippen molar-refractivity contribution >= 4 is 6.21 Å². The lowest BCUT2D eigenvalue weighted by molar-refractivity contribution is 0.424. The van der Waals surface area contributed by atoms with Gasteiger partial charge in [-0.2, -0.15) is 5.26 Å². The Bertz CT molecular complexity index is 634. The predicted octanol–water partition coefficient (Wildman–Crippen LogP) is 4.63. The summed E-state index contributed by atoms with van der Waals surface area (Å²) in [6, 6.07) is 9.49. The highest BCUT2D eigenvalue weighted by molar-refractivity contribution is 5.71. The summed E-state index contributed by atoms with van der Waals surface area (Å²) in [7, 11) is 0. The van der Waals surface area contributed by atoms with Crippen LogP contribution in [0.15, 0.2) is 35.3 Å². The molecule has 1 aliphatic carbocycles. The molecule has 0 saturated heterocycles. The monoisotopic (exact) mass is 292 g/mol. The number of allylic oxidation sites excluding steroid dienone is 1. The minimum atomic E-state index is 0.103. The molecule has 3 atom stereocenters. The van der Waals surface area contributed by atoms with Gasteiger partial charge in [0.25, 0.3) is 0 Å². The predicted molar refractivity (Wildman–Crippen MR) is 91.3 cm³/mol. The van der Waals surface area contributed by atoms with Crippen LogP contribution in [0.2, 0.25) is 0 Å². The minimum Gasteiger partial charge on any atom is -0.293 e. The summed E-state index contributed by atoms with van der Waals surface area (Å²) in [4.78, 5) is 4.33. The van der Waals surface area contributed by atoms with Crippen LogP contribution in [0, 0.1) is 23.2 Å². The molecule has 1 heterocycles. The van der Waals surface area contributed by atoms with Gasteiger partial charge in [-0.25, -0.2) is 0 Å². The van der Waals surface area contributed by atoms with E-state index in [-0.39, 0.29) is 5.92 Å². The van der Waals surface area contributed by atoms with Crippen LogP contribution >= 0.6 is 0 Å². The van der Waals surface area contributed by atoms with Crippen LogP contribution in [0.25, 0.3) is 0 Å². The van der Waals surface area contributed by atoms with Crippen LogP contribution in [-0.4, -0.2) is 12.8 Å². The zero-order valence-electron chi connectivity index (χ0n) is 13.5. The van der Waals surface area contributed by atoms with E-state index in [4.69, 9.17) is 0 Å². The number of hydrogen-bond donors (Lipinski definition) is 0. The lowest BCUT2D eigenvalue weighted by Crippen LogP contribution is -2.16. The molecule has 0 amide bonds. The van der Waals surface area contributed by atoms with Gasteiger partial charge in [0.1, 0.15) is 0 Å². The lowest BCUT2D eigenvalue weighted by Gasteiger charge is -2.22. The Kier molecular flexibility index (Phi) is 4.43. The van der Waals surface area contributed by atoms with Gasteiger partial charge >= 0.3 is 0 Å². The van der Waals surface area contributed by atoms with E-state index in [0.717, 1.165) is 25.8 Å². The maximum absolute atomic E-state index is 9.71. The third-order valence-corrected chi connectivity index (χ3v) is 5.08. The SMILES string of the molecule is CC(C)c1ccc2c(c1)C(C(C#N)CC1C=CC=NC1)CC2. The lowest BCUT2D eigenvalue weighted by atomic mass is 9.81. The average molecular weight is 292 g/mol. The van der Waals surface area contributed by atoms with Crippen molar-refractivity contribution < 1.29 is 0 Å². The zero-order chi connectivity index (χ0) is 15.5. The number of rotatable bonds is 4. The summed E-state index contributed by atoms with van der Waals surface area (Å²) in [5.74, 6) is 1.47. The number of benzene rings is 1. The first-order valence-corrected chi connectivity index (χ1v) is 8.38. The van der Waals surface area contributed by atoms with Crippen molar-refractivity contribution in [2.45, 2.75) is 44.9 Å². The molecule has 1 aromatic carbocycles. The molecule has 0 saturated carbocycles. The van der Waals surface area contributed by atoms with Crippen LogP contribution < -0.4 is 0 Å². The molecule has 0 fully saturated rings. The Morgan fingerprint density at radius 2 is 2.23 bits per heavy atom. The van der Waals surface area contributed by atoms with Crippen LogP contribution in [0.1, 0.15) is 55.2 Å². The van der Waals surface area contributed by atoms with Gasteiger partial charge in [0.2, 0.25) is 0 Å². The molecule has 0 N–H and O–H groups in total. The van der Waals surface area contributed by atoms with E-state index >= 15 is 0 Å². The maximum Gasteiger partial charge on any atom is 0.0662 e. The van der Waals surface area contributed by atoms with E-state index in [1.54, 1.807) is 0 Å². The average Bonchev–Trinajstić information content (AvgIpc) is 2.96. The molecule has 1 aliphatic heterocycles. The Morgan fingerprint density at radius 3 is 2.91 bits per heavy atom. The molecule has 114 valence electrons. The minimum absolute atomic E-state index is 0.103. The van der Waals surface area contributed by atoms with Gasteiger partial charge in [-0.3, -0.25) is 4.99 Å². The second-order valence-corrected chi connectivity index (χ2v) is 6.89. The molecular weight excluding hydrogens is 268 g/mol. The van der Waals surface area contributed by atoms with Crippen molar-refractivity contribution in [2.24, 2.45) is 16.8 Å². The number of nitrogens with zero attached hydrogens (tertiary/aromatic N) is 2. The summed E-state index contributed by atoms with van der Waals surface area (Å²) in [6.45, 7) is 5.30. The molecule has 0 radical (unpaired) electrons. The Balaban J connectivity index is 1.81. The summed E-state index contributed by atoms with van der Waals surface area (Å²) in [5, 5.41) is 9.71. The second-order valence-electron chi connectivity index (χ2n) is 6.89. The number of aliphatic imine (C=N–C) groups is 1. The molecule has 3 unspecified atom stereocenters. The Hall–Kier alpha value is -1.88. The normalized spacial score (nSPS) is 24.3. The van der Waals surface area contributed by atoms with Crippen LogP contribution in [0.5, 0.6) is 0 Å². The second kappa shape index (κ2) is 6.48. The van der Waals surface area contributed by atoms with E-state index in [9.17, 15) is 5.26 Å². The van der Waals surface area contributed by atoms with Crippen LogP contribution in [0.4, 0.5) is 0 Å². The van der Waals surface area contributed by atoms with Gasteiger partial charge in [0.15, 0.2) is 0 Å². The van der Waals surface area contributed by atoms with Crippen molar-refractivity contribution in [3.8, 4) is 6.07 Å². The number of aryl methyl sites for hydroxylation is 1. The Morgan fingerprint density at radius 1 is 1.36 bits per heavy atom. The fourth-order valence-electron chi connectivity index (χ4n) is 3.74. The van der Waals surface area contributed by atoms with Gasteiger partial charge in [-0.05, 0) is 53.9 Å². The van der Waals surface area contributed by atoms with Gasteiger partial charge in [-0.15, -0.1) is 0 Å². The number of hydrogen-bond acceptors (Lipinski definition) is 2. The molecule has 2 heteroatoms. The molecule has 22 heavy (non-hydrogen) atoms. The highest BCUT2D eigenvalue weighted by atomic mass is 14.7. The molecule has 2 nitrogen and oxygen atoms in total. The van der Waals surface area contributed by atoms with Crippen molar-refractivity contribution in [3.05, 3.63) is 47.0 Å². The van der Waals surface area contributed by atoms with Crippen molar-refractivity contribution in [1.29, 1.82) is 5.26 Å². The first-order chi connectivity index (χ1) is 10.7. The van der Waals surface area contributed by atoms with Gasteiger partial charge in [0.05, 0.1) is 12.0 Å². The van der Waals surface area contributed by atoms with E-state index in [2.05, 4.69) is 49.2 Å². The highest BCUT2D eigenvalue weighted by Gasteiger charge is 2.31. The number of nitriles is 1. The zero-order valence-corrected chi connectivity index (χ0v) is 13.5. The summed E-state index contributed by atoms with van der Waals surface area (Å²) < 4.78 is 0. The largest absolute Gasteiger partial charge is 0.293 e. The van der Waals surface area contributed by atoms with Gasteiger partial charge in [0, 0.05) is 18.7 Å². The summed E-state index contributed by atoms with van der Waals surface area (Å²) in [5.41, 5.74) is 4.28. The fourth-order valence-corrected chi connectivity index (χ4v) is 3.74. The Labute approximate surface area is 133 Å². The molecule has 0 aromatic heterocycles. The molecule has 3 rings (SSSR count). The van der Waals surface area contributed by atoms with Crippen molar-refractivity contribution in [1.82, 2.24) is 0 Å². The van der Waals surface area contributed by atoms with Crippen LogP contribution in [0.3, 0.4) is 0 Å². The third kappa shape index (κ3) is 2.99. The quantitative estimate of drug-likeness (QED) is 0.797. The maximum atomic E-state index is 9.71. The topological polar surface area (TPSA) is 36.1 Å². The molecular formula is C20H24N2. The standard InChI is InChI=1S/C20H24N2/c1-14(2)17-6-5-16-7-8-19(20(16)11-17)18(12-21)10-15-4-3-9-22-13-15/h3-6,9,11,14-15,18-19H,7-8,10,13H2,1-2H3. The van der Waals surface area contributed by atoms with Gasteiger partial charge in [-0.1, -0.05) is 38.1 Å². The molecule has 2 aliphatic rings. The summed E-state index contributed by atoms with van der Waals surface area (Å²) >= 11 is 0. The summed E-state index contributed by atoms with van der Waals surface area (Å²) in [6.07, 6.45) is 9.25. The van der Waals surface area contributed by atoms with Crippen molar-refractivity contribution in [2.75, 3.05) is 6.54 Å². The first-order valence-electron chi connectivity index (χ1n) is 8.38. The third-order valence-electron chi connectivity index (χ3n) is 5.08. The number of fused-ring (bicyclic) bond motifs is 1. The van der Waals surface area contributed by atoms with E-state index < -0.39 is 0 Å². The molecule has 0 spiro atoms.